The summed E-state index contributed by atoms with van der Waals surface area (Å²) in [5.41, 5.74) is 0.348. The van der Waals surface area contributed by atoms with Crippen molar-refractivity contribution >= 4 is 16.9 Å². The summed E-state index contributed by atoms with van der Waals surface area (Å²) in [5, 5.41) is 0.466. The van der Waals surface area contributed by atoms with Crippen LogP contribution in [0.25, 0.3) is 10.9 Å². The highest BCUT2D eigenvalue weighted by Crippen LogP contribution is 2.33. The molecular formula is C15H14F3NO3. The molecule has 1 heterocycles. The summed E-state index contributed by atoms with van der Waals surface area (Å²) in [6.45, 7) is 1.64. The third-order valence-electron chi connectivity index (χ3n) is 3.32. The van der Waals surface area contributed by atoms with Gasteiger partial charge in [0.2, 0.25) is 0 Å². The molecule has 1 aromatic heterocycles. The van der Waals surface area contributed by atoms with E-state index < -0.39 is 17.7 Å². The van der Waals surface area contributed by atoms with Gasteiger partial charge in [-0.25, -0.2) is 9.78 Å². The summed E-state index contributed by atoms with van der Waals surface area (Å²) in [5.74, 6) is -0.598. The maximum Gasteiger partial charge on any atom is 0.416 e. The largest absolute Gasteiger partial charge is 0.465 e. The smallest absolute Gasteiger partial charge is 0.416 e. The normalized spacial score (nSPS) is 11.7. The van der Waals surface area contributed by atoms with Crippen LogP contribution in [0.5, 0.6) is 0 Å². The SMILES string of the molecule is COCc1nc2cc(C(F)(F)F)ccc2c(C)c1C(=O)OC. The molecular weight excluding hydrogens is 299 g/mol. The molecule has 0 aliphatic heterocycles. The van der Waals surface area contributed by atoms with E-state index in [1.165, 1.54) is 20.3 Å². The van der Waals surface area contributed by atoms with Crippen LogP contribution < -0.4 is 0 Å². The lowest BCUT2D eigenvalue weighted by Crippen LogP contribution is -2.12. The summed E-state index contributed by atoms with van der Waals surface area (Å²) in [7, 11) is 2.64. The van der Waals surface area contributed by atoms with Gasteiger partial charge in [0.15, 0.2) is 0 Å². The van der Waals surface area contributed by atoms with Gasteiger partial charge >= 0.3 is 12.1 Å². The lowest BCUT2D eigenvalue weighted by molar-refractivity contribution is -0.137. The quantitative estimate of drug-likeness (QED) is 0.814. The number of alkyl halides is 3. The number of carbonyl (C=O) groups is 1. The van der Waals surface area contributed by atoms with Gasteiger partial charge in [0, 0.05) is 12.5 Å². The van der Waals surface area contributed by atoms with Crippen molar-refractivity contribution in [2.24, 2.45) is 0 Å². The molecule has 118 valence electrons. The number of rotatable bonds is 3. The first-order valence-corrected chi connectivity index (χ1v) is 6.37. The van der Waals surface area contributed by atoms with E-state index in [-0.39, 0.29) is 23.4 Å². The fourth-order valence-electron chi connectivity index (χ4n) is 2.28. The van der Waals surface area contributed by atoms with E-state index in [4.69, 9.17) is 9.47 Å². The minimum atomic E-state index is -4.45. The predicted octanol–water partition coefficient (Wildman–Crippen LogP) is 3.50. The third kappa shape index (κ3) is 2.89. The number of halogens is 3. The standard InChI is InChI=1S/C15H14F3NO3/c1-8-10-5-4-9(15(16,17)18)6-11(10)19-12(7-21-2)13(8)14(20)22-3/h4-6H,7H2,1-3H3. The first-order chi connectivity index (χ1) is 10.3. The van der Waals surface area contributed by atoms with Crippen molar-refractivity contribution in [2.45, 2.75) is 19.7 Å². The number of hydrogen-bond donors (Lipinski definition) is 0. The summed E-state index contributed by atoms with van der Waals surface area (Å²) < 4.78 is 48.1. The van der Waals surface area contributed by atoms with Crippen molar-refractivity contribution in [3.8, 4) is 0 Å². The van der Waals surface area contributed by atoms with Crippen LogP contribution in [0.1, 0.15) is 27.2 Å². The van der Waals surface area contributed by atoms with Crippen LogP contribution in [-0.2, 0) is 22.3 Å². The van der Waals surface area contributed by atoms with Crippen LogP contribution in [0.3, 0.4) is 0 Å². The third-order valence-corrected chi connectivity index (χ3v) is 3.32. The Hall–Kier alpha value is -2.15. The highest BCUT2D eigenvalue weighted by Gasteiger charge is 2.31. The number of methoxy groups -OCH3 is 2. The van der Waals surface area contributed by atoms with Crippen LogP contribution in [0, 0.1) is 6.92 Å². The number of pyridine rings is 1. The number of nitrogens with zero attached hydrogens (tertiary/aromatic N) is 1. The Morgan fingerprint density at radius 1 is 1.27 bits per heavy atom. The van der Waals surface area contributed by atoms with Gasteiger partial charge in [0.05, 0.1) is 36.1 Å². The molecule has 0 atom stereocenters. The maximum atomic E-state index is 12.8. The molecule has 0 fully saturated rings. The number of esters is 1. The van der Waals surface area contributed by atoms with Crippen molar-refractivity contribution in [1.82, 2.24) is 4.98 Å². The fraction of sp³-hybridized carbons (Fsp3) is 0.333. The number of ether oxygens (including phenoxy) is 2. The average Bonchev–Trinajstić information content (AvgIpc) is 2.45. The highest BCUT2D eigenvalue weighted by atomic mass is 19.4. The zero-order valence-electron chi connectivity index (χ0n) is 12.2. The van der Waals surface area contributed by atoms with Crippen molar-refractivity contribution in [2.75, 3.05) is 14.2 Å². The lowest BCUT2D eigenvalue weighted by Gasteiger charge is -2.14. The second-order valence-electron chi connectivity index (χ2n) is 4.71. The van der Waals surface area contributed by atoms with Crippen LogP contribution in [0.15, 0.2) is 18.2 Å². The summed E-state index contributed by atoms with van der Waals surface area (Å²) >= 11 is 0. The maximum absolute atomic E-state index is 12.8. The molecule has 0 saturated heterocycles. The van der Waals surface area contributed by atoms with Crippen molar-refractivity contribution < 1.29 is 27.4 Å². The minimum absolute atomic E-state index is 0.00252. The van der Waals surface area contributed by atoms with Crippen LogP contribution in [0.2, 0.25) is 0 Å². The molecule has 0 aliphatic carbocycles. The molecule has 0 unspecified atom stereocenters. The molecule has 0 aliphatic rings. The molecule has 7 heteroatoms. The average molecular weight is 313 g/mol. The van der Waals surface area contributed by atoms with Gasteiger partial charge in [-0.15, -0.1) is 0 Å². The number of fused-ring (bicyclic) bond motifs is 1. The molecule has 2 rings (SSSR count). The molecule has 0 saturated carbocycles. The first-order valence-electron chi connectivity index (χ1n) is 6.37. The Morgan fingerprint density at radius 3 is 2.50 bits per heavy atom. The van der Waals surface area contributed by atoms with E-state index in [1.54, 1.807) is 6.92 Å². The van der Waals surface area contributed by atoms with Crippen LogP contribution in [-0.4, -0.2) is 25.2 Å². The van der Waals surface area contributed by atoms with Gasteiger partial charge in [-0.2, -0.15) is 13.2 Å². The zero-order chi connectivity index (χ0) is 16.5. The zero-order valence-corrected chi connectivity index (χ0v) is 12.2. The van der Waals surface area contributed by atoms with E-state index in [2.05, 4.69) is 4.98 Å². The molecule has 22 heavy (non-hydrogen) atoms. The minimum Gasteiger partial charge on any atom is -0.465 e. The second-order valence-corrected chi connectivity index (χ2v) is 4.71. The summed E-state index contributed by atoms with van der Waals surface area (Å²) in [6, 6.07) is 3.24. The Kier molecular flexibility index (Phi) is 4.37. The van der Waals surface area contributed by atoms with E-state index >= 15 is 0 Å². The molecule has 4 nitrogen and oxygen atoms in total. The first kappa shape index (κ1) is 16.2. The Morgan fingerprint density at radius 2 is 1.95 bits per heavy atom. The van der Waals surface area contributed by atoms with Crippen LogP contribution >= 0.6 is 0 Å². The molecule has 1 aromatic carbocycles. The Bertz CT molecular complexity index is 726. The topological polar surface area (TPSA) is 48.4 Å². The van der Waals surface area contributed by atoms with Crippen molar-refractivity contribution in [3.63, 3.8) is 0 Å². The Labute approximate surface area is 124 Å². The van der Waals surface area contributed by atoms with Gasteiger partial charge in [-0.1, -0.05) is 6.07 Å². The van der Waals surface area contributed by atoms with Gasteiger partial charge in [-0.05, 0) is 24.6 Å². The molecule has 0 bridgehead atoms. The van der Waals surface area contributed by atoms with Gasteiger partial charge in [0.1, 0.15) is 0 Å². The fourth-order valence-corrected chi connectivity index (χ4v) is 2.28. The van der Waals surface area contributed by atoms with Gasteiger partial charge < -0.3 is 9.47 Å². The molecule has 2 aromatic rings. The number of carbonyl (C=O) groups excluding carboxylic acids is 1. The van der Waals surface area contributed by atoms with Gasteiger partial charge in [0.25, 0.3) is 0 Å². The molecule has 0 amide bonds. The van der Waals surface area contributed by atoms with E-state index in [1.807, 2.05) is 0 Å². The van der Waals surface area contributed by atoms with Crippen LogP contribution in [0.4, 0.5) is 13.2 Å². The highest BCUT2D eigenvalue weighted by molar-refractivity contribution is 5.98. The van der Waals surface area contributed by atoms with E-state index in [0.29, 0.717) is 10.9 Å². The summed E-state index contributed by atoms with van der Waals surface area (Å²) in [4.78, 5) is 16.0. The number of hydrogen-bond acceptors (Lipinski definition) is 4. The van der Waals surface area contributed by atoms with E-state index in [9.17, 15) is 18.0 Å². The summed E-state index contributed by atoms with van der Waals surface area (Å²) in [6.07, 6.45) is -4.45. The van der Waals surface area contributed by atoms with Crippen molar-refractivity contribution in [1.29, 1.82) is 0 Å². The second kappa shape index (κ2) is 5.92. The number of aryl methyl sites for hydroxylation is 1. The Balaban J connectivity index is 2.75. The van der Waals surface area contributed by atoms with E-state index in [0.717, 1.165) is 12.1 Å². The van der Waals surface area contributed by atoms with Gasteiger partial charge in [-0.3, -0.25) is 0 Å². The molecule has 0 radical (unpaired) electrons. The molecule has 0 N–H and O–H groups in total. The monoisotopic (exact) mass is 313 g/mol. The lowest BCUT2D eigenvalue weighted by atomic mass is 10.00. The van der Waals surface area contributed by atoms with Crippen molar-refractivity contribution in [3.05, 3.63) is 40.6 Å². The number of benzene rings is 1. The number of aromatic nitrogens is 1. The predicted molar refractivity (Wildman–Crippen MR) is 73.5 cm³/mol. The molecule has 0 spiro atoms.